The molecule has 0 bridgehead atoms. The van der Waals surface area contributed by atoms with E-state index in [0.29, 0.717) is 36.0 Å². The number of likely N-dealkylation sites (tertiary alicyclic amines) is 1. The number of nitrogens with two attached hydrogens (primary N) is 1. The summed E-state index contributed by atoms with van der Waals surface area (Å²) in [7, 11) is 1.63. The summed E-state index contributed by atoms with van der Waals surface area (Å²) in [6, 6.07) is 17.6. The Morgan fingerprint density at radius 1 is 1.17 bits per heavy atom. The van der Waals surface area contributed by atoms with Gasteiger partial charge in [0.25, 0.3) is 5.91 Å². The van der Waals surface area contributed by atoms with Gasteiger partial charge < -0.3 is 15.4 Å². The summed E-state index contributed by atoms with van der Waals surface area (Å²) >= 11 is 0. The third kappa shape index (κ3) is 4.06. The van der Waals surface area contributed by atoms with Crippen LogP contribution in [-0.4, -0.2) is 46.8 Å². The Kier molecular flexibility index (Phi) is 6.80. The van der Waals surface area contributed by atoms with Gasteiger partial charge in [-0.25, -0.2) is 4.68 Å². The van der Waals surface area contributed by atoms with E-state index in [0.717, 1.165) is 17.7 Å². The van der Waals surface area contributed by atoms with Gasteiger partial charge in [-0.05, 0) is 50.1 Å². The van der Waals surface area contributed by atoms with Gasteiger partial charge in [0.1, 0.15) is 11.4 Å². The number of methoxy groups -OCH3 is 1. The van der Waals surface area contributed by atoms with Crippen molar-refractivity contribution in [2.45, 2.75) is 19.4 Å². The molecule has 0 radical (unpaired) electrons. The quantitative estimate of drug-likeness (QED) is 0.673. The SMILES string of the molecule is COc1ccccc1-c1nn(-c2ccccc2)cc1C(=O)N1CC(CN)CC1C.Cl. The van der Waals surface area contributed by atoms with Crippen LogP contribution in [0.4, 0.5) is 0 Å². The highest BCUT2D eigenvalue weighted by Gasteiger charge is 2.34. The second-order valence-corrected chi connectivity index (χ2v) is 7.52. The Labute approximate surface area is 183 Å². The summed E-state index contributed by atoms with van der Waals surface area (Å²) in [4.78, 5) is 15.5. The first-order valence-corrected chi connectivity index (χ1v) is 9.92. The number of aromatic nitrogens is 2. The lowest BCUT2D eigenvalue weighted by atomic mass is 10.1. The molecular formula is C23H27ClN4O2. The van der Waals surface area contributed by atoms with Crippen LogP contribution in [0.2, 0.25) is 0 Å². The summed E-state index contributed by atoms with van der Waals surface area (Å²) in [6.45, 7) is 3.35. The zero-order valence-corrected chi connectivity index (χ0v) is 18.0. The maximum absolute atomic E-state index is 13.5. The molecule has 1 fully saturated rings. The Hall–Kier alpha value is -2.83. The third-order valence-corrected chi connectivity index (χ3v) is 5.58. The first-order chi connectivity index (χ1) is 14.1. The van der Waals surface area contributed by atoms with Crippen molar-refractivity contribution in [2.75, 3.05) is 20.2 Å². The van der Waals surface area contributed by atoms with Crippen molar-refractivity contribution >= 4 is 18.3 Å². The van der Waals surface area contributed by atoms with Gasteiger partial charge >= 0.3 is 0 Å². The summed E-state index contributed by atoms with van der Waals surface area (Å²) in [6.07, 6.45) is 2.75. The van der Waals surface area contributed by atoms with Crippen molar-refractivity contribution in [3.05, 3.63) is 66.4 Å². The number of rotatable bonds is 5. The Morgan fingerprint density at radius 3 is 2.53 bits per heavy atom. The van der Waals surface area contributed by atoms with E-state index < -0.39 is 0 Å². The van der Waals surface area contributed by atoms with Crippen molar-refractivity contribution in [1.82, 2.24) is 14.7 Å². The Bertz CT molecular complexity index is 1010. The van der Waals surface area contributed by atoms with Crippen LogP contribution in [0, 0.1) is 5.92 Å². The van der Waals surface area contributed by atoms with Crippen molar-refractivity contribution in [1.29, 1.82) is 0 Å². The van der Waals surface area contributed by atoms with Crippen molar-refractivity contribution in [2.24, 2.45) is 11.7 Å². The number of benzene rings is 2. The van der Waals surface area contributed by atoms with Crippen LogP contribution in [0.25, 0.3) is 16.9 Å². The molecule has 1 amide bonds. The van der Waals surface area contributed by atoms with Gasteiger partial charge in [-0.1, -0.05) is 30.3 Å². The number of nitrogens with zero attached hydrogens (tertiary/aromatic N) is 3. The lowest BCUT2D eigenvalue weighted by molar-refractivity contribution is 0.0744. The molecule has 158 valence electrons. The highest BCUT2D eigenvalue weighted by molar-refractivity contribution is 6.00. The molecular weight excluding hydrogens is 400 g/mol. The van der Waals surface area contributed by atoms with E-state index in [2.05, 4.69) is 6.92 Å². The van der Waals surface area contributed by atoms with Gasteiger partial charge in [-0.3, -0.25) is 4.79 Å². The number of hydrogen-bond donors (Lipinski definition) is 1. The first-order valence-electron chi connectivity index (χ1n) is 9.92. The lowest BCUT2D eigenvalue weighted by Gasteiger charge is -2.21. The fourth-order valence-corrected chi connectivity index (χ4v) is 4.03. The zero-order chi connectivity index (χ0) is 20.4. The molecule has 1 aliphatic heterocycles. The van der Waals surface area contributed by atoms with Crippen LogP contribution in [0.1, 0.15) is 23.7 Å². The van der Waals surface area contributed by atoms with Crippen LogP contribution in [0.5, 0.6) is 5.75 Å². The van der Waals surface area contributed by atoms with Crippen LogP contribution in [-0.2, 0) is 0 Å². The molecule has 1 aliphatic rings. The fraction of sp³-hybridized carbons (Fsp3) is 0.304. The molecule has 0 aliphatic carbocycles. The van der Waals surface area contributed by atoms with Crippen molar-refractivity contribution in [3.8, 4) is 22.7 Å². The molecule has 2 heterocycles. The first kappa shape index (κ1) is 21.9. The monoisotopic (exact) mass is 426 g/mol. The molecule has 2 atom stereocenters. The number of halogens is 1. The standard InChI is InChI=1S/C23H26N4O2.ClH/c1-16-12-17(13-24)14-26(16)23(28)20-15-27(18-8-4-3-5-9-18)25-22(20)19-10-6-7-11-21(19)29-2;/h3-11,15-17H,12-14,24H2,1-2H3;1H. The van der Waals surface area contributed by atoms with E-state index >= 15 is 0 Å². The molecule has 6 nitrogen and oxygen atoms in total. The molecule has 3 aromatic rings. The summed E-state index contributed by atoms with van der Waals surface area (Å²) < 4.78 is 7.30. The van der Waals surface area contributed by atoms with E-state index in [1.807, 2.05) is 65.7 Å². The predicted molar refractivity (Wildman–Crippen MR) is 120 cm³/mol. The highest BCUT2D eigenvalue weighted by atomic mass is 35.5. The predicted octanol–water partition coefficient (Wildman–Crippen LogP) is 3.78. The number of carbonyl (C=O) groups is 1. The molecule has 0 saturated carbocycles. The Morgan fingerprint density at radius 2 is 1.87 bits per heavy atom. The molecule has 1 aromatic heterocycles. The van der Waals surface area contributed by atoms with E-state index in [9.17, 15) is 4.79 Å². The maximum Gasteiger partial charge on any atom is 0.257 e. The molecule has 0 spiro atoms. The van der Waals surface area contributed by atoms with Gasteiger partial charge in [0.2, 0.25) is 0 Å². The normalized spacial score (nSPS) is 18.2. The second-order valence-electron chi connectivity index (χ2n) is 7.52. The largest absolute Gasteiger partial charge is 0.496 e. The molecule has 2 aromatic carbocycles. The van der Waals surface area contributed by atoms with E-state index in [1.165, 1.54) is 0 Å². The molecule has 4 rings (SSSR count). The molecule has 2 unspecified atom stereocenters. The topological polar surface area (TPSA) is 73.4 Å². The van der Waals surface area contributed by atoms with Gasteiger partial charge in [0.15, 0.2) is 0 Å². The minimum Gasteiger partial charge on any atom is -0.496 e. The zero-order valence-electron chi connectivity index (χ0n) is 17.2. The minimum absolute atomic E-state index is 0. The van der Waals surface area contributed by atoms with Gasteiger partial charge in [-0.15, -0.1) is 12.4 Å². The average Bonchev–Trinajstić information content (AvgIpc) is 3.37. The molecule has 7 heteroatoms. The second kappa shape index (κ2) is 9.32. The number of para-hydroxylation sites is 2. The van der Waals surface area contributed by atoms with Gasteiger partial charge in [-0.2, -0.15) is 5.10 Å². The molecule has 30 heavy (non-hydrogen) atoms. The summed E-state index contributed by atoms with van der Waals surface area (Å²) in [5.74, 6) is 1.01. The minimum atomic E-state index is -0.0171. The number of carbonyl (C=O) groups excluding carboxylic acids is 1. The van der Waals surface area contributed by atoms with Crippen LogP contribution in [0.3, 0.4) is 0 Å². The van der Waals surface area contributed by atoms with E-state index in [-0.39, 0.29) is 24.4 Å². The van der Waals surface area contributed by atoms with Crippen molar-refractivity contribution < 1.29 is 9.53 Å². The van der Waals surface area contributed by atoms with Crippen molar-refractivity contribution in [3.63, 3.8) is 0 Å². The summed E-state index contributed by atoms with van der Waals surface area (Å²) in [5.41, 5.74) is 8.76. The number of ether oxygens (including phenoxy) is 1. The maximum atomic E-state index is 13.5. The van der Waals surface area contributed by atoms with E-state index in [4.69, 9.17) is 15.6 Å². The molecule has 2 N–H and O–H groups in total. The molecule has 1 saturated heterocycles. The number of amides is 1. The van der Waals surface area contributed by atoms with Gasteiger partial charge in [0, 0.05) is 24.3 Å². The van der Waals surface area contributed by atoms with Crippen LogP contribution in [0.15, 0.2) is 60.8 Å². The Balaban J connectivity index is 0.00000256. The third-order valence-electron chi connectivity index (χ3n) is 5.58. The smallest absolute Gasteiger partial charge is 0.257 e. The number of hydrogen-bond acceptors (Lipinski definition) is 4. The summed E-state index contributed by atoms with van der Waals surface area (Å²) in [5, 5.41) is 4.78. The van der Waals surface area contributed by atoms with Crippen LogP contribution < -0.4 is 10.5 Å². The lowest BCUT2D eigenvalue weighted by Crippen LogP contribution is -2.34. The average molecular weight is 427 g/mol. The fourth-order valence-electron chi connectivity index (χ4n) is 4.03. The van der Waals surface area contributed by atoms with E-state index in [1.54, 1.807) is 11.8 Å². The van der Waals surface area contributed by atoms with Crippen LogP contribution >= 0.6 is 12.4 Å². The van der Waals surface area contributed by atoms with Gasteiger partial charge in [0.05, 0.1) is 18.4 Å². The highest BCUT2D eigenvalue weighted by Crippen LogP contribution is 2.34.